The number of ether oxygens (including phenoxy) is 2. The lowest BCUT2D eigenvalue weighted by Crippen LogP contribution is -2.45. The van der Waals surface area contributed by atoms with E-state index in [0.29, 0.717) is 22.6 Å². The second kappa shape index (κ2) is 6.73. The second-order valence-electron chi connectivity index (χ2n) is 8.85. The average molecular weight is 437 g/mol. The third kappa shape index (κ3) is 3.34. The summed E-state index contributed by atoms with van der Waals surface area (Å²) in [4.78, 5) is 24.8. The van der Waals surface area contributed by atoms with Crippen molar-refractivity contribution in [2.75, 3.05) is 13.3 Å². The molecule has 5 nitrogen and oxygen atoms in total. The van der Waals surface area contributed by atoms with E-state index in [0.717, 1.165) is 10.1 Å². The molecule has 3 aliphatic rings. The lowest BCUT2D eigenvalue weighted by atomic mass is 9.73. The number of carbonyl (C=O) groups is 2. The largest absolute Gasteiger partial charge is 0.471 e. The van der Waals surface area contributed by atoms with Crippen molar-refractivity contribution in [2.24, 2.45) is 0 Å². The molecule has 1 amide bonds. The van der Waals surface area contributed by atoms with Gasteiger partial charge in [0.25, 0.3) is 0 Å². The first-order valence-corrected chi connectivity index (χ1v) is 13.2. The van der Waals surface area contributed by atoms with E-state index >= 15 is 0 Å². The number of ketones is 1. The van der Waals surface area contributed by atoms with E-state index in [-0.39, 0.29) is 32.1 Å². The molecule has 30 heavy (non-hydrogen) atoms. The quantitative estimate of drug-likeness (QED) is 0.634. The number of fused-ring (bicyclic) bond motifs is 4. The number of rotatable bonds is 1. The molecule has 0 radical (unpaired) electrons. The number of allylic oxidation sites excluding steroid dienone is 4. The van der Waals surface area contributed by atoms with Gasteiger partial charge in [-0.3, -0.25) is 9.59 Å². The summed E-state index contributed by atoms with van der Waals surface area (Å²) in [5.41, 5.74) is 0.515. The van der Waals surface area contributed by atoms with Gasteiger partial charge >= 0.3 is 12.1 Å². The number of hydrogen-bond acceptors (Lipinski definition) is 4. The Morgan fingerprint density at radius 1 is 1.17 bits per heavy atom. The zero-order valence-corrected chi connectivity index (χ0v) is 17.9. The monoisotopic (exact) mass is 437 g/mol. The first-order valence-electron chi connectivity index (χ1n) is 9.67. The van der Waals surface area contributed by atoms with Gasteiger partial charge in [-0.25, -0.2) is 0 Å². The fourth-order valence-electron chi connectivity index (χ4n) is 4.38. The topological polar surface area (TPSA) is 55.8 Å². The predicted molar refractivity (Wildman–Crippen MR) is 107 cm³/mol. The summed E-state index contributed by atoms with van der Waals surface area (Å²) in [6.45, 7) is 6.03. The summed E-state index contributed by atoms with van der Waals surface area (Å²) in [7, 11) is -2.05. The molecule has 0 aromatic heterocycles. The molecule has 1 aromatic rings. The fraction of sp³-hybridized carbons (Fsp3) is 0.429. The Hall–Kier alpha value is -2.55. The summed E-state index contributed by atoms with van der Waals surface area (Å²) in [6, 6.07) is 1.85. The lowest BCUT2D eigenvalue weighted by molar-refractivity contribution is -0.186. The van der Waals surface area contributed by atoms with Crippen molar-refractivity contribution >= 4 is 25.0 Å². The van der Waals surface area contributed by atoms with Crippen LogP contribution in [0.5, 0.6) is 11.5 Å². The van der Waals surface area contributed by atoms with Gasteiger partial charge in [0.1, 0.15) is 0 Å². The molecule has 0 N–H and O–H groups in total. The molecule has 9 heteroatoms. The normalized spacial score (nSPS) is 19.8. The van der Waals surface area contributed by atoms with E-state index in [2.05, 4.69) is 19.6 Å². The second-order valence-corrected chi connectivity index (χ2v) is 13.9. The Morgan fingerprint density at radius 3 is 2.43 bits per heavy atom. The molecular weight excluding hydrogens is 415 g/mol. The van der Waals surface area contributed by atoms with Crippen LogP contribution in [0.15, 0.2) is 30.4 Å². The Balaban J connectivity index is 1.99. The van der Waals surface area contributed by atoms with Crippen molar-refractivity contribution in [1.29, 1.82) is 0 Å². The molecule has 0 fully saturated rings. The molecule has 1 aromatic carbocycles. The highest BCUT2D eigenvalue weighted by Crippen LogP contribution is 2.49. The van der Waals surface area contributed by atoms with Crippen molar-refractivity contribution in [3.63, 3.8) is 0 Å². The summed E-state index contributed by atoms with van der Waals surface area (Å²) in [6.07, 6.45) is 1.52. The van der Waals surface area contributed by atoms with Crippen LogP contribution < -0.4 is 14.7 Å². The van der Waals surface area contributed by atoms with Crippen molar-refractivity contribution in [3.05, 3.63) is 41.5 Å². The van der Waals surface area contributed by atoms with Crippen LogP contribution in [0.4, 0.5) is 13.2 Å². The first-order chi connectivity index (χ1) is 13.9. The molecule has 0 bridgehead atoms. The third-order valence-electron chi connectivity index (χ3n) is 5.81. The predicted octanol–water partition coefficient (Wildman–Crippen LogP) is 3.19. The van der Waals surface area contributed by atoms with Crippen LogP contribution >= 0.6 is 0 Å². The molecule has 1 spiro atoms. The van der Waals surface area contributed by atoms with Gasteiger partial charge in [-0.1, -0.05) is 37.0 Å². The highest BCUT2D eigenvalue weighted by Gasteiger charge is 2.47. The Morgan fingerprint density at radius 2 is 1.83 bits per heavy atom. The number of nitrogens with zero attached hydrogens (tertiary/aromatic N) is 1. The van der Waals surface area contributed by atoms with Crippen LogP contribution in [-0.4, -0.2) is 44.2 Å². The molecule has 4 rings (SSSR count). The zero-order valence-electron chi connectivity index (χ0n) is 16.9. The summed E-state index contributed by atoms with van der Waals surface area (Å²) < 4.78 is 51.2. The molecular formula is C21H22F3NO4Si. The highest BCUT2D eigenvalue weighted by atomic mass is 28.3. The molecule has 0 saturated heterocycles. The van der Waals surface area contributed by atoms with E-state index in [1.54, 1.807) is 12.2 Å². The molecule has 160 valence electrons. The number of amides is 1. The van der Waals surface area contributed by atoms with Gasteiger partial charge in [0.15, 0.2) is 17.3 Å². The minimum atomic E-state index is -4.96. The standard InChI is InChI=1S/C21H22F3NO4Si/c1-30(2,3)16-10-15-18(29-12-28-15)17-14(16)11-25(19(27)21(22,23)24)9-8-20(17)6-4-13(26)5-7-20/h4-7,10H,8-9,11-12H2,1-3H3. The molecule has 0 saturated carbocycles. The lowest BCUT2D eigenvalue weighted by Gasteiger charge is -2.33. The van der Waals surface area contributed by atoms with E-state index in [1.165, 1.54) is 12.2 Å². The molecule has 2 heterocycles. The number of alkyl halides is 3. The number of carbonyl (C=O) groups excluding carboxylic acids is 2. The summed E-state index contributed by atoms with van der Waals surface area (Å²) >= 11 is 0. The molecule has 1 aliphatic carbocycles. The summed E-state index contributed by atoms with van der Waals surface area (Å²) in [5, 5.41) is 0.918. The minimum Gasteiger partial charge on any atom is -0.454 e. The highest BCUT2D eigenvalue weighted by molar-refractivity contribution is 6.89. The van der Waals surface area contributed by atoms with Crippen LogP contribution in [0.1, 0.15) is 17.5 Å². The minimum absolute atomic E-state index is 0.0184. The Labute approximate surface area is 173 Å². The van der Waals surface area contributed by atoms with Gasteiger partial charge in [-0.2, -0.15) is 13.2 Å². The van der Waals surface area contributed by atoms with E-state index in [9.17, 15) is 22.8 Å². The van der Waals surface area contributed by atoms with Gasteiger partial charge in [-0.05, 0) is 30.2 Å². The van der Waals surface area contributed by atoms with E-state index in [1.807, 2.05) is 6.07 Å². The Kier molecular flexibility index (Phi) is 4.65. The van der Waals surface area contributed by atoms with Gasteiger partial charge in [-0.15, -0.1) is 0 Å². The maximum Gasteiger partial charge on any atom is 0.471 e. The van der Waals surface area contributed by atoms with Crippen molar-refractivity contribution in [3.8, 4) is 11.5 Å². The maximum atomic E-state index is 13.3. The van der Waals surface area contributed by atoms with Crippen molar-refractivity contribution in [1.82, 2.24) is 4.90 Å². The third-order valence-corrected chi connectivity index (χ3v) is 7.87. The van der Waals surface area contributed by atoms with Crippen LogP contribution in [0.3, 0.4) is 0 Å². The van der Waals surface area contributed by atoms with Gasteiger partial charge in [0, 0.05) is 24.1 Å². The average Bonchev–Trinajstić information content (AvgIpc) is 3.05. The van der Waals surface area contributed by atoms with Gasteiger partial charge in [0.2, 0.25) is 6.79 Å². The smallest absolute Gasteiger partial charge is 0.454 e. The molecule has 0 atom stereocenters. The SMILES string of the molecule is C[Si](C)(C)c1cc2c(c3c1CN(C(=O)C(F)(F)F)CCC31C=CC(=O)C=C1)OCO2. The maximum absolute atomic E-state index is 13.3. The Bertz CT molecular complexity index is 975. The summed E-state index contributed by atoms with van der Waals surface area (Å²) in [5.74, 6) is -1.01. The van der Waals surface area contributed by atoms with Crippen LogP contribution in [0.2, 0.25) is 19.6 Å². The molecule has 0 unspecified atom stereocenters. The fourth-order valence-corrected chi connectivity index (χ4v) is 6.05. The zero-order chi connectivity index (χ0) is 21.9. The molecule has 2 aliphatic heterocycles. The van der Waals surface area contributed by atoms with Crippen LogP contribution in [0, 0.1) is 0 Å². The first kappa shape index (κ1) is 20.7. The van der Waals surface area contributed by atoms with Gasteiger partial charge < -0.3 is 14.4 Å². The number of halogens is 3. The number of hydrogen-bond donors (Lipinski definition) is 0. The number of benzene rings is 1. The van der Waals surface area contributed by atoms with E-state index < -0.39 is 25.6 Å². The van der Waals surface area contributed by atoms with Gasteiger partial charge in [0.05, 0.1) is 8.07 Å². The van der Waals surface area contributed by atoms with Crippen LogP contribution in [-0.2, 0) is 21.5 Å². The van der Waals surface area contributed by atoms with Crippen molar-refractivity contribution in [2.45, 2.75) is 44.2 Å². The van der Waals surface area contributed by atoms with E-state index in [4.69, 9.17) is 9.47 Å². The van der Waals surface area contributed by atoms with Crippen molar-refractivity contribution < 1.29 is 32.2 Å². The van der Waals surface area contributed by atoms with Crippen LogP contribution in [0.25, 0.3) is 0 Å².